The highest BCUT2D eigenvalue weighted by molar-refractivity contribution is 7.89. The number of sulfonamides is 1. The number of rotatable bonds is 15. The summed E-state index contributed by atoms with van der Waals surface area (Å²) in [5.41, 5.74) is 2.14. The zero-order valence-corrected chi connectivity index (χ0v) is 23.9. The Morgan fingerprint density at radius 3 is 2.27 bits per heavy atom. The maximum absolute atomic E-state index is 13.8. The van der Waals surface area contributed by atoms with Gasteiger partial charge in [-0.05, 0) is 66.6 Å². The monoisotopic (exact) mass is 581 g/mol. The van der Waals surface area contributed by atoms with Crippen molar-refractivity contribution in [2.24, 2.45) is 0 Å². The van der Waals surface area contributed by atoms with Crippen LogP contribution in [0, 0.1) is 5.82 Å². The molecule has 0 saturated heterocycles. The highest BCUT2D eigenvalue weighted by Gasteiger charge is 2.31. The second kappa shape index (κ2) is 14.3. The molecule has 1 saturated carbocycles. The van der Waals surface area contributed by atoms with Crippen LogP contribution in [0.25, 0.3) is 0 Å². The second-order valence-corrected chi connectivity index (χ2v) is 11.9. The number of benzene rings is 3. The molecule has 1 unspecified atom stereocenters. The van der Waals surface area contributed by atoms with Crippen molar-refractivity contribution in [3.8, 4) is 0 Å². The Bertz CT molecular complexity index is 1400. The smallest absolute Gasteiger partial charge is 0.247 e. The van der Waals surface area contributed by atoms with Gasteiger partial charge in [0.2, 0.25) is 21.8 Å². The number of hydrogen-bond acceptors (Lipinski definition) is 5. The van der Waals surface area contributed by atoms with Crippen LogP contribution in [0.4, 0.5) is 4.39 Å². The molecule has 0 bridgehead atoms. The van der Waals surface area contributed by atoms with E-state index in [1.54, 1.807) is 55.6 Å². The maximum Gasteiger partial charge on any atom is 0.247 e. The summed E-state index contributed by atoms with van der Waals surface area (Å²) in [6.45, 7) is 0.985. The molecule has 4 rings (SSSR count). The summed E-state index contributed by atoms with van der Waals surface area (Å²) in [4.78, 5) is 29.0. The van der Waals surface area contributed by atoms with Crippen LogP contribution >= 0.6 is 0 Å². The average molecular weight is 582 g/mol. The first-order valence-electron chi connectivity index (χ1n) is 13.7. The summed E-state index contributed by atoms with van der Waals surface area (Å²) in [7, 11) is -1.97. The molecule has 0 aromatic heterocycles. The van der Waals surface area contributed by atoms with E-state index in [0.717, 1.165) is 18.4 Å². The van der Waals surface area contributed by atoms with Gasteiger partial charge in [0.05, 0.1) is 4.90 Å². The maximum atomic E-state index is 13.8. The van der Waals surface area contributed by atoms with Crippen LogP contribution in [0.1, 0.15) is 48.4 Å². The zero-order chi connectivity index (χ0) is 29.2. The van der Waals surface area contributed by atoms with E-state index >= 15 is 0 Å². The van der Waals surface area contributed by atoms with Crippen molar-refractivity contribution in [1.29, 1.82) is 0 Å². The molecule has 218 valence electrons. The first kappa shape index (κ1) is 30.4. The second-order valence-electron chi connectivity index (χ2n) is 10.1. The van der Waals surface area contributed by atoms with Gasteiger partial charge in [-0.1, -0.05) is 54.6 Å². The van der Waals surface area contributed by atoms with Gasteiger partial charge in [-0.15, -0.1) is 0 Å². The fourth-order valence-electron chi connectivity index (χ4n) is 4.46. The molecule has 3 aromatic rings. The Morgan fingerprint density at radius 2 is 1.63 bits per heavy atom. The minimum absolute atomic E-state index is 0.0131. The molecule has 0 heterocycles. The Balaban J connectivity index is 1.54. The molecule has 3 aromatic carbocycles. The number of nitrogens with zero attached hydrogens (tertiary/aromatic N) is 1. The number of nitrogens with one attached hydrogen (secondary N) is 2. The molecule has 10 heteroatoms. The number of carbonyl (C=O) groups is 2. The van der Waals surface area contributed by atoms with Gasteiger partial charge in [0.25, 0.3) is 0 Å². The summed E-state index contributed by atoms with van der Waals surface area (Å²) in [5.74, 6) is -0.970. The van der Waals surface area contributed by atoms with E-state index in [4.69, 9.17) is 4.74 Å². The van der Waals surface area contributed by atoms with E-state index < -0.39 is 16.1 Å². The normalized spacial score (nSPS) is 13.9. The molecule has 41 heavy (non-hydrogen) atoms. The van der Waals surface area contributed by atoms with Gasteiger partial charge in [-0.25, -0.2) is 17.5 Å². The summed E-state index contributed by atoms with van der Waals surface area (Å²) in [5, 5.41) is 2.92. The Hall–Kier alpha value is -3.60. The van der Waals surface area contributed by atoms with Crippen LogP contribution in [-0.4, -0.2) is 51.4 Å². The van der Waals surface area contributed by atoms with Crippen LogP contribution in [0.5, 0.6) is 0 Å². The fraction of sp³-hybridized carbons (Fsp3) is 0.355. The number of ether oxygens (including phenoxy) is 1. The summed E-state index contributed by atoms with van der Waals surface area (Å²) >= 11 is 0. The molecular formula is C31H36FN3O5S. The first-order valence-corrected chi connectivity index (χ1v) is 15.2. The summed E-state index contributed by atoms with van der Waals surface area (Å²) in [6, 6.07) is 20.5. The van der Waals surface area contributed by atoms with Crippen molar-refractivity contribution < 1.29 is 27.1 Å². The highest BCUT2D eigenvalue weighted by Crippen LogP contribution is 2.26. The van der Waals surface area contributed by atoms with Gasteiger partial charge in [0.1, 0.15) is 11.9 Å². The van der Waals surface area contributed by atoms with Gasteiger partial charge in [-0.2, -0.15) is 0 Å². The third-order valence-electron chi connectivity index (χ3n) is 6.85. The van der Waals surface area contributed by atoms with E-state index in [2.05, 4.69) is 10.0 Å². The Kier molecular flexibility index (Phi) is 10.6. The SMILES string of the molecule is COCCCNC(=O)C(c1ccccc1)N(Cc1ccc(F)cc1)C(=O)CCc1ccc(S(=O)(=O)NC2CC2)cc1. The number of carbonyl (C=O) groups excluding carboxylic acids is 2. The molecule has 0 radical (unpaired) electrons. The minimum atomic E-state index is -3.56. The van der Waals surface area contributed by atoms with E-state index in [-0.39, 0.29) is 41.5 Å². The average Bonchev–Trinajstić information content (AvgIpc) is 3.79. The Morgan fingerprint density at radius 1 is 0.976 bits per heavy atom. The van der Waals surface area contributed by atoms with Crippen molar-refractivity contribution in [2.75, 3.05) is 20.3 Å². The topological polar surface area (TPSA) is 105 Å². The summed E-state index contributed by atoms with van der Waals surface area (Å²) < 4.78 is 46.3. The standard InChI is InChI=1S/C31H36FN3O5S/c1-40-21-5-20-33-31(37)30(25-6-3-2-4-7-25)35(22-24-8-13-26(32)14-9-24)29(36)19-12-23-10-17-28(18-11-23)41(38,39)34-27-15-16-27/h2-4,6-11,13-14,17-18,27,30,34H,5,12,15-16,19-22H2,1H3,(H,33,37). The lowest BCUT2D eigenvalue weighted by molar-refractivity contribution is -0.141. The number of amides is 2. The molecular weight excluding hydrogens is 545 g/mol. The van der Waals surface area contributed by atoms with Crippen molar-refractivity contribution in [3.05, 3.63) is 101 Å². The first-order chi connectivity index (χ1) is 19.8. The lowest BCUT2D eigenvalue weighted by atomic mass is 10.0. The van der Waals surface area contributed by atoms with Crippen LogP contribution in [0.3, 0.4) is 0 Å². The number of halogens is 1. The van der Waals surface area contributed by atoms with Gasteiger partial charge in [0, 0.05) is 39.3 Å². The highest BCUT2D eigenvalue weighted by atomic mass is 32.2. The molecule has 0 aliphatic heterocycles. The predicted octanol–water partition coefficient (Wildman–Crippen LogP) is 4.12. The molecule has 1 atom stereocenters. The van der Waals surface area contributed by atoms with Crippen molar-refractivity contribution in [2.45, 2.75) is 55.6 Å². The van der Waals surface area contributed by atoms with Gasteiger partial charge in [-0.3, -0.25) is 9.59 Å². The lowest BCUT2D eigenvalue weighted by Crippen LogP contribution is -2.43. The number of hydrogen-bond donors (Lipinski definition) is 2. The molecule has 1 aliphatic carbocycles. The number of methoxy groups -OCH3 is 1. The Labute approximate surface area is 241 Å². The zero-order valence-electron chi connectivity index (χ0n) is 23.1. The summed E-state index contributed by atoms with van der Waals surface area (Å²) in [6.07, 6.45) is 2.77. The van der Waals surface area contributed by atoms with Crippen molar-refractivity contribution >= 4 is 21.8 Å². The van der Waals surface area contributed by atoms with Gasteiger partial charge >= 0.3 is 0 Å². The molecule has 1 fully saturated rings. The predicted molar refractivity (Wildman–Crippen MR) is 154 cm³/mol. The van der Waals surface area contributed by atoms with Gasteiger partial charge in [0.15, 0.2) is 0 Å². The molecule has 2 amide bonds. The van der Waals surface area contributed by atoms with Crippen LogP contribution in [0.15, 0.2) is 83.8 Å². The molecule has 0 spiro atoms. The molecule has 1 aliphatic rings. The third-order valence-corrected chi connectivity index (χ3v) is 8.38. The van der Waals surface area contributed by atoms with E-state index in [0.29, 0.717) is 37.1 Å². The fourth-order valence-corrected chi connectivity index (χ4v) is 5.77. The van der Waals surface area contributed by atoms with E-state index in [1.807, 2.05) is 18.2 Å². The van der Waals surface area contributed by atoms with Crippen LogP contribution < -0.4 is 10.0 Å². The van der Waals surface area contributed by atoms with E-state index in [9.17, 15) is 22.4 Å². The van der Waals surface area contributed by atoms with Crippen LogP contribution in [-0.2, 0) is 37.3 Å². The quantitative estimate of drug-likeness (QED) is 0.263. The van der Waals surface area contributed by atoms with Crippen LogP contribution in [0.2, 0.25) is 0 Å². The lowest BCUT2D eigenvalue weighted by Gasteiger charge is -2.32. The van der Waals surface area contributed by atoms with Crippen molar-refractivity contribution in [1.82, 2.24) is 14.9 Å². The largest absolute Gasteiger partial charge is 0.385 e. The van der Waals surface area contributed by atoms with Crippen molar-refractivity contribution in [3.63, 3.8) is 0 Å². The van der Waals surface area contributed by atoms with Gasteiger partial charge < -0.3 is 15.0 Å². The minimum Gasteiger partial charge on any atom is -0.385 e. The third kappa shape index (κ3) is 8.94. The van der Waals surface area contributed by atoms with E-state index in [1.165, 1.54) is 17.0 Å². The number of aryl methyl sites for hydroxylation is 1. The molecule has 2 N–H and O–H groups in total. The molecule has 8 nitrogen and oxygen atoms in total.